The Morgan fingerprint density at radius 1 is 1.03 bits per heavy atom. The van der Waals surface area contributed by atoms with Gasteiger partial charge in [-0.05, 0) is 57.2 Å². The lowest BCUT2D eigenvalue weighted by Crippen LogP contribution is -2.60. The van der Waals surface area contributed by atoms with E-state index in [1.807, 2.05) is 0 Å². The quantitative estimate of drug-likeness (QED) is 0.584. The molecular formula is C22H24F3N3O7S. The summed E-state index contributed by atoms with van der Waals surface area (Å²) in [7, 11) is -4.68. The number of sulfonamides is 1. The van der Waals surface area contributed by atoms with Crippen molar-refractivity contribution in [1.29, 1.82) is 0 Å². The molecular weight excluding hydrogens is 507 g/mol. The largest absolute Gasteiger partial charge is 0.451 e. The van der Waals surface area contributed by atoms with Crippen LogP contribution >= 0.6 is 0 Å². The average Bonchev–Trinajstić information content (AvgIpc) is 2.80. The molecule has 0 unspecified atom stereocenters. The fourth-order valence-corrected chi connectivity index (χ4v) is 4.94. The number of halogens is 3. The maximum absolute atomic E-state index is 14.7. The molecule has 1 amide bonds. The predicted octanol–water partition coefficient (Wildman–Crippen LogP) is 2.92. The van der Waals surface area contributed by atoms with Crippen LogP contribution in [0.1, 0.15) is 20.8 Å². The van der Waals surface area contributed by atoms with Crippen molar-refractivity contribution >= 4 is 22.1 Å². The lowest BCUT2D eigenvalue weighted by molar-refractivity contribution is -0.150. The van der Waals surface area contributed by atoms with Crippen LogP contribution in [0, 0.1) is 17.5 Å². The number of benzene rings is 2. The topological polar surface area (TPSA) is 128 Å². The van der Waals surface area contributed by atoms with Gasteiger partial charge in [0.25, 0.3) is 0 Å². The summed E-state index contributed by atoms with van der Waals surface area (Å²) in [6, 6.07) is 3.71. The van der Waals surface area contributed by atoms with E-state index in [9.17, 15) is 31.2 Å². The maximum Gasteiger partial charge on any atom is 0.410 e. The Morgan fingerprint density at radius 3 is 2.14 bits per heavy atom. The molecule has 3 rings (SSSR count). The molecule has 10 nitrogen and oxygen atoms in total. The Balaban J connectivity index is 1.89. The minimum Gasteiger partial charge on any atom is -0.451 e. The number of rotatable bonds is 5. The van der Waals surface area contributed by atoms with E-state index in [2.05, 4.69) is 4.84 Å². The highest BCUT2D eigenvalue weighted by molar-refractivity contribution is 7.89. The van der Waals surface area contributed by atoms with Crippen LogP contribution in [0.5, 0.6) is 11.5 Å². The normalized spacial score (nSPS) is 17.0. The SMILES string of the molecule is CC(C)(C)OC(=O)N1CCN(S(=O)(=O)c2cc(F)c(Oc3ccc(F)cc3)c(F)c2)[C@@H](C(=O)ON)C1. The average molecular weight is 532 g/mol. The van der Waals surface area contributed by atoms with Crippen LogP contribution in [-0.4, -0.2) is 61.0 Å². The summed E-state index contributed by atoms with van der Waals surface area (Å²) in [5.41, 5.74) is -0.850. The van der Waals surface area contributed by atoms with Crippen molar-refractivity contribution in [2.45, 2.75) is 37.3 Å². The molecule has 1 aliphatic heterocycles. The third-order valence-corrected chi connectivity index (χ3v) is 6.87. The molecule has 196 valence electrons. The summed E-state index contributed by atoms with van der Waals surface area (Å²) in [6.07, 6.45) is -0.797. The van der Waals surface area contributed by atoms with E-state index in [0.717, 1.165) is 29.2 Å². The van der Waals surface area contributed by atoms with Crippen LogP contribution in [-0.2, 0) is 24.4 Å². The Bertz CT molecular complexity index is 1230. The van der Waals surface area contributed by atoms with Gasteiger partial charge in [0.05, 0.1) is 11.4 Å². The second kappa shape index (κ2) is 10.3. The van der Waals surface area contributed by atoms with Gasteiger partial charge < -0.3 is 19.2 Å². The Hall–Kier alpha value is -3.36. The molecule has 2 N–H and O–H groups in total. The van der Waals surface area contributed by atoms with Crippen LogP contribution in [0.4, 0.5) is 18.0 Å². The van der Waals surface area contributed by atoms with E-state index in [1.165, 1.54) is 0 Å². The zero-order valence-electron chi connectivity index (χ0n) is 19.5. The van der Waals surface area contributed by atoms with E-state index < -0.39 is 74.9 Å². The predicted molar refractivity (Wildman–Crippen MR) is 119 cm³/mol. The van der Waals surface area contributed by atoms with E-state index in [4.69, 9.17) is 15.4 Å². The third-order valence-electron chi connectivity index (χ3n) is 4.98. The maximum atomic E-state index is 14.7. The van der Waals surface area contributed by atoms with Crippen LogP contribution in [0.15, 0.2) is 41.3 Å². The first-order valence-electron chi connectivity index (χ1n) is 10.6. The smallest absolute Gasteiger partial charge is 0.410 e. The second-order valence-corrected chi connectivity index (χ2v) is 10.7. The molecule has 0 saturated carbocycles. The van der Waals surface area contributed by atoms with Gasteiger partial charge in [-0.1, -0.05) is 0 Å². The molecule has 0 aliphatic carbocycles. The summed E-state index contributed by atoms with van der Waals surface area (Å²) in [5, 5.41) is 0. The number of piperazine rings is 1. The van der Waals surface area contributed by atoms with Crippen molar-refractivity contribution in [2.75, 3.05) is 19.6 Å². The number of carbonyl (C=O) groups is 2. The molecule has 0 aromatic heterocycles. The minimum absolute atomic E-state index is 0.0890. The van der Waals surface area contributed by atoms with Crippen LogP contribution in [0.3, 0.4) is 0 Å². The van der Waals surface area contributed by atoms with E-state index in [0.29, 0.717) is 16.4 Å². The number of nitrogens with zero attached hydrogens (tertiary/aromatic N) is 2. The summed E-state index contributed by atoms with van der Waals surface area (Å²) in [4.78, 5) is 29.2. The van der Waals surface area contributed by atoms with Crippen LogP contribution in [0.2, 0.25) is 0 Å². The number of hydrogen-bond donors (Lipinski definition) is 1. The number of amides is 1. The van der Waals surface area contributed by atoms with Crippen LogP contribution < -0.4 is 10.6 Å². The Labute approximate surface area is 205 Å². The standard InChI is InChI=1S/C22H24F3N3O7S/c1-22(2,3)34-21(30)27-8-9-28(18(12-27)20(29)35-26)36(31,32)15-10-16(24)19(17(25)11-15)33-14-6-4-13(23)5-7-14/h4-7,10-11,18H,8-9,12,26H2,1-3H3/t18-/m1/s1. The Morgan fingerprint density at radius 2 is 1.61 bits per heavy atom. The van der Waals surface area contributed by atoms with E-state index in [-0.39, 0.29) is 12.3 Å². The second-order valence-electron chi connectivity index (χ2n) is 8.77. The van der Waals surface area contributed by atoms with E-state index in [1.54, 1.807) is 20.8 Å². The number of carbonyl (C=O) groups excluding carboxylic acids is 2. The fraction of sp³-hybridized carbons (Fsp3) is 0.364. The highest BCUT2D eigenvalue weighted by Crippen LogP contribution is 2.32. The monoisotopic (exact) mass is 531 g/mol. The molecule has 0 radical (unpaired) electrons. The summed E-state index contributed by atoms with van der Waals surface area (Å²) >= 11 is 0. The van der Waals surface area contributed by atoms with Gasteiger partial charge >= 0.3 is 12.1 Å². The molecule has 2 aromatic carbocycles. The van der Waals surface area contributed by atoms with Gasteiger partial charge in [-0.15, -0.1) is 0 Å². The van der Waals surface area contributed by atoms with Gasteiger partial charge in [-0.2, -0.15) is 10.2 Å². The molecule has 1 fully saturated rings. The molecule has 1 heterocycles. The first-order chi connectivity index (χ1) is 16.7. The van der Waals surface area contributed by atoms with Gasteiger partial charge in [-0.3, -0.25) is 0 Å². The summed E-state index contributed by atoms with van der Waals surface area (Å²) in [5.74, 6) is -0.545. The first kappa shape index (κ1) is 27.2. The molecule has 2 aromatic rings. The van der Waals surface area contributed by atoms with Crippen molar-refractivity contribution in [3.63, 3.8) is 0 Å². The van der Waals surface area contributed by atoms with E-state index >= 15 is 0 Å². The molecule has 14 heteroatoms. The van der Waals surface area contributed by atoms with Crippen molar-refractivity contribution < 1.29 is 45.5 Å². The lowest BCUT2D eigenvalue weighted by Gasteiger charge is -2.39. The van der Waals surface area contributed by atoms with Gasteiger partial charge in [0.1, 0.15) is 23.2 Å². The lowest BCUT2D eigenvalue weighted by atomic mass is 10.2. The zero-order valence-corrected chi connectivity index (χ0v) is 20.4. The fourth-order valence-electron chi connectivity index (χ4n) is 3.36. The van der Waals surface area contributed by atoms with Crippen molar-refractivity contribution in [3.05, 3.63) is 53.8 Å². The summed E-state index contributed by atoms with van der Waals surface area (Å²) < 4.78 is 80.0. The highest BCUT2D eigenvalue weighted by Gasteiger charge is 2.43. The minimum atomic E-state index is -4.68. The number of nitrogens with two attached hydrogens (primary N) is 1. The first-order valence-corrected chi connectivity index (χ1v) is 12.0. The van der Waals surface area contributed by atoms with Crippen molar-refractivity contribution in [1.82, 2.24) is 9.21 Å². The molecule has 0 bridgehead atoms. The van der Waals surface area contributed by atoms with Crippen molar-refractivity contribution in [3.8, 4) is 11.5 Å². The number of ether oxygens (including phenoxy) is 2. The Kier molecular flexibility index (Phi) is 7.81. The third kappa shape index (κ3) is 6.06. The highest BCUT2D eigenvalue weighted by atomic mass is 32.2. The summed E-state index contributed by atoms with van der Waals surface area (Å²) in [6.45, 7) is 3.82. The molecule has 36 heavy (non-hydrogen) atoms. The van der Waals surface area contributed by atoms with Gasteiger partial charge in [0.15, 0.2) is 17.4 Å². The van der Waals surface area contributed by atoms with Crippen molar-refractivity contribution in [2.24, 2.45) is 5.90 Å². The van der Waals surface area contributed by atoms with Gasteiger partial charge in [-0.25, -0.2) is 31.2 Å². The molecule has 0 spiro atoms. The number of hydrogen-bond acceptors (Lipinski definition) is 8. The van der Waals surface area contributed by atoms with Gasteiger partial charge in [0.2, 0.25) is 10.0 Å². The van der Waals surface area contributed by atoms with Crippen LogP contribution in [0.25, 0.3) is 0 Å². The molecule has 1 aliphatic rings. The molecule has 1 atom stereocenters. The zero-order chi connectivity index (χ0) is 26.8. The molecule has 1 saturated heterocycles. The van der Waals surface area contributed by atoms with Gasteiger partial charge in [0, 0.05) is 13.1 Å².